The second-order valence-electron chi connectivity index (χ2n) is 4.67. The van der Waals surface area contributed by atoms with Crippen molar-refractivity contribution in [3.05, 3.63) is 34.3 Å². The van der Waals surface area contributed by atoms with Crippen LogP contribution in [0.15, 0.2) is 28.7 Å². The van der Waals surface area contributed by atoms with E-state index < -0.39 is 0 Å². The number of nitrogens with one attached hydrogen (secondary N) is 1. The van der Waals surface area contributed by atoms with Crippen molar-refractivity contribution >= 4 is 15.9 Å². The summed E-state index contributed by atoms with van der Waals surface area (Å²) >= 11 is 3.59. The molecule has 1 fully saturated rings. The average Bonchev–Trinajstić information content (AvgIpc) is 3.13. The second kappa shape index (κ2) is 6.53. The van der Waals surface area contributed by atoms with Gasteiger partial charge in [0, 0.05) is 17.6 Å². The summed E-state index contributed by atoms with van der Waals surface area (Å²) in [7, 11) is 1.97. The van der Waals surface area contributed by atoms with Crippen LogP contribution in [0, 0.1) is 5.92 Å². The predicted octanol–water partition coefficient (Wildman–Crippen LogP) is 3.53. The van der Waals surface area contributed by atoms with Crippen LogP contribution in [0.25, 0.3) is 0 Å². The molecule has 1 aliphatic carbocycles. The van der Waals surface area contributed by atoms with Crippen molar-refractivity contribution in [1.29, 1.82) is 0 Å². The van der Waals surface area contributed by atoms with Crippen LogP contribution in [0.4, 0.5) is 0 Å². The topological polar surface area (TPSA) is 21.3 Å². The van der Waals surface area contributed by atoms with E-state index in [1.807, 2.05) is 13.1 Å². The molecule has 0 aromatic heterocycles. The number of hydrogen-bond acceptors (Lipinski definition) is 2. The molecule has 0 spiro atoms. The molecule has 94 valence electrons. The lowest BCUT2D eigenvalue weighted by Gasteiger charge is -2.19. The van der Waals surface area contributed by atoms with Crippen molar-refractivity contribution in [1.82, 2.24) is 5.32 Å². The van der Waals surface area contributed by atoms with Crippen LogP contribution in [0.1, 0.15) is 30.9 Å². The molecule has 1 atom stereocenters. The SMILES string of the molecule is CNCC(OCCC1CC1)c1ccccc1Br. The third-order valence-corrected chi connectivity index (χ3v) is 3.91. The van der Waals surface area contributed by atoms with Crippen molar-refractivity contribution in [3.8, 4) is 0 Å². The highest BCUT2D eigenvalue weighted by Gasteiger charge is 2.22. The maximum absolute atomic E-state index is 6.01. The summed E-state index contributed by atoms with van der Waals surface area (Å²) in [5.74, 6) is 0.935. The zero-order valence-electron chi connectivity index (χ0n) is 10.3. The first-order valence-electron chi connectivity index (χ1n) is 6.32. The minimum Gasteiger partial charge on any atom is -0.372 e. The van der Waals surface area contributed by atoms with E-state index in [0.29, 0.717) is 0 Å². The van der Waals surface area contributed by atoms with Gasteiger partial charge in [-0.2, -0.15) is 0 Å². The summed E-state index contributed by atoms with van der Waals surface area (Å²) in [5, 5.41) is 3.20. The van der Waals surface area contributed by atoms with Crippen molar-refractivity contribution in [2.45, 2.75) is 25.4 Å². The number of likely N-dealkylation sites (N-methyl/N-ethyl adjacent to an activating group) is 1. The summed E-state index contributed by atoms with van der Waals surface area (Å²) in [4.78, 5) is 0. The zero-order chi connectivity index (χ0) is 12.1. The van der Waals surface area contributed by atoms with E-state index in [9.17, 15) is 0 Å². The fourth-order valence-electron chi connectivity index (χ4n) is 1.96. The Bertz CT molecular complexity index is 352. The van der Waals surface area contributed by atoms with E-state index in [-0.39, 0.29) is 6.10 Å². The molecule has 1 unspecified atom stereocenters. The van der Waals surface area contributed by atoms with E-state index in [1.54, 1.807) is 0 Å². The third-order valence-electron chi connectivity index (χ3n) is 3.18. The molecule has 0 bridgehead atoms. The highest BCUT2D eigenvalue weighted by atomic mass is 79.9. The van der Waals surface area contributed by atoms with Gasteiger partial charge in [-0.05, 0) is 31.0 Å². The van der Waals surface area contributed by atoms with E-state index >= 15 is 0 Å². The Morgan fingerprint density at radius 2 is 2.18 bits per heavy atom. The Labute approximate surface area is 112 Å². The number of rotatable bonds is 7. The number of hydrogen-bond donors (Lipinski definition) is 1. The van der Waals surface area contributed by atoms with Crippen LogP contribution in [0.3, 0.4) is 0 Å². The molecule has 0 radical (unpaired) electrons. The van der Waals surface area contributed by atoms with Gasteiger partial charge >= 0.3 is 0 Å². The minimum absolute atomic E-state index is 0.148. The first-order valence-corrected chi connectivity index (χ1v) is 7.11. The van der Waals surface area contributed by atoms with E-state index in [2.05, 4.69) is 39.4 Å². The number of halogens is 1. The molecule has 0 heterocycles. The van der Waals surface area contributed by atoms with Gasteiger partial charge in [0.15, 0.2) is 0 Å². The lowest BCUT2D eigenvalue weighted by atomic mass is 10.1. The zero-order valence-corrected chi connectivity index (χ0v) is 11.9. The monoisotopic (exact) mass is 297 g/mol. The van der Waals surface area contributed by atoms with Crippen LogP contribution in [-0.2, 0) is 4.74 Å². The summed E-state index contributed by atoms with van der Waals surface area (Å²) in [6.07, 6.45) is 4.16. The Kier molecular flexibility index (Phi) is 5.01. The predicted molar refractivity (Wildman–Crippen MR) is 74.1 cm³/mol. The second-order valence-corrected chi connectivity index (χ2v) is 5.53. The van der Waals surface area contributed by atoms with Crippen LogP contribution in [0.2, 0.25) is 0 Å². The van der Waals surface area contributed by atoms with E-state index in [0.717, 1.165) is 23.5 Å². The average molecular weight is 298 g/mol. The van der Waals surface area contributed by atoms with Gasteiger partial charge in [-0.3, -0.25) is 0 Å². The lowest BCUT2D eigenvalue weighted by molar-refractivity contribution is 0.0494. The number of ether oxygens (including phenoxy) is 1. The lowest BCUT2D eigenvalue weighted by Crippen LogP contribution is -2.20. The maximum atomic E-state index is 6.01. The molecular formula is C14H20BrNO. The van der Waals surface area contributed by atoms with Crippen LogP contribution >= 0.6 is 15.9 Å². The van der Waals surface area contributed by atoms with Crippen LogP contribution in [-0.4, -0.2) is 20.2 Å². The fraction of sp³-hybridized carbons (Fsp3) is 0.571. The molecule has 1 aromatic rings. The highest BCUT2D eigenvalue weighted by molar-refractivity contribution is 9.10. The summed E-state index contributed by atoms with van der Waals surface area (Å²) in [6.45, 7) is 1.73. The molecule has 1 aliphatic rings. The van der Waals surface area contributed by atoms with Gasteiger partial charge in [-0.1, -0.05) is 47.0 Å². The summed E-state index contributed by atoms with van der Waals surface area (Å²) in [6, 6.07) is 8.30. The Morgan fingerprint density at radius 3 is 2.82 bits per heavy atom. The fourth-order valence-corrected chi connectivity index (χ4v) is 2.50. The van der Waals surface area contributed by atoms with Crippen molar-refractivity contribution in [2.24, 2.45) is 5.92 Å². The van der Waals surface area contributed by atoms with Gasteiger partial charge in [0.1, 0.15) is 0 Å². The molecule has 2 rings (SSSR count). The highest BCUT2D eigenvalue weighted by Crippen LogP contribution is 2.33. The third kappa shape index (κ3) is 4.09. The Balaban J connectivity index is 1.92. The van der Waals surface area contributed by atoms with E-state index in [4.69, 9.17) is 4.74 Å². The molecule has 17 heavy (non-hydrogen) atoms. The molecule has 0 amide bonds. The summed E-state index contributed by atoms with van der Waals surface area (Å²) < 4.78 is 7.14. The minimum atomic E-state index is 0.148. The molecule has 1 aromatic carbocycles. The van der Waals surface area contributed by atoms with Gasteiger partial charge < -0.3 is 10.1 Å². The molecule has 0 aliphatic heterocycles. The first kappa shape index (κ1) is 13.1. The molecule has 3 heteroatoms. The van der Waals surface area contributed by atoms with Gasteiger partial charge in [0.25, 0.3) is 0 Å². The quantitative estimate of drug-likeness (QED) is 0.831. The molecule has 1 N–H and O–H groups in total. The van der Waals surface area contributed by atoms with E-state index in [1.165, 1.54) is 24.8 Å². The van der Waals surface area contributed by atoms with Gasteiger partial charge in [0.2, 0.25) is 0 Å². The largest absolute Gasteiger partial charge is 0.372 e. The molecule has 0 saturated heterocycles. The number of benzene rings is 1. The molecule has 1 saturated carbocycles. The smallest absolute Gasteiger partial charge is 0.0959 e. The first-order chi connectivity index (χ1) is 8.31. The van der Waals surface area contributed by atoms with Crippen LogP contribution in [0.5, 0.6) is 0 Å². The maximum Gasteiger partial charge on any atom is 0.0959 e. The van der Waals surface area contributed by atoms with Gasteiger partial charge in [-0.15, -0.1) is 0 Å². The Morgan fingerprint density at radius 1 is 1.41 bits per heavy atom. The van der Waals surface area contributed by atoms with Crippen LogP contribution < -0.4 is 5.32 Å². The summed E-state index contributed by atoms with van der Waals surface area (Å²) in [5.41, 5.74) is 1.23. The molecular weight excluding hydrogens is 278 g/mol. The van der Waals surface area contributed by atoms with Crippen molar-refractivity contribution < 1.29 is 4.74 Å². The normalized spacial score (nSPS) is 17.1. The van der Waals surface area contributed by atoms with Gasteiger partial charge in [-0.25, -0.2) is 0 Å². The van der Waals surface area contributed by atoms with Gasteiger partial charge in [0.05, 0.1) is 6.10 Å². The molecule has 2 nitrogen and oxygen atoms in total. The van der Waals surface area contributed by atoms with Crippen molar-refractivity contribution in [2.75, 3.05) is 20.2 Å². The Hall–Kier alpha value is -0.380. The standard InChI is InChI=1S/C14H20BrNO/c1-16-10-14(17-9-8-11-6-7-11)12-4-2-3-5-13(12)15/h2-5,11,14,16H,6-10H2,1H3. The van der Waals surface area contributed by atoms with Crippen molar-refractivity contribution in [3.63, 3.8) is 0 Å².